The van der Waals surface area contributed by atoms with Gasteiger partial charge in [0.25, 0.3) is 5.91 Å². The van der Waals surface area contributed by atoms with E-state index >= 15 is 0 Å². The number of H-pyrrole nitrogens is 1. The lowest BCUT2D eigenvalue weighted by molar-refractivity contribution is 0.0715. The molecular formula is C14H14FN3O2. The first-order valence-electron chi connectivity index (χ1n) is 6.38. The van der Waals surface area contributed by atoms with E-state index < -0.39 is 6.10 Å². The van der Waals surface area contributed by atoms with Crippen molar-refractivity contribution in [3.05, 3.63) is 53.6 Å². The maximum absolute atomic E-state index is 13.3. The Morgan fingerprint density at radius 1 is 1.50 bits per heavy atom. The fourth-order valence-corrected chi connectivity index (χ4v) is 2.60. The molecule has 2 N–H and O–H groups in total. The Balaban J connectivity index is 1.91. The van der Waals surface area contributed by atoms with E-state index in [0.717, 1.165) is 0 Å². The zero-order valence-corrected chi connectivity index (χ0v) is 10.7. The number of hydrogen-bond donors (Lipinski definition) is 2. The van der Waals surface area contributed by atoms with Gasteiger partial charge >= 0.3 is 0 Å². The molecule has 0 radical (unpaired) electrons. The lowest BCUT2D eigenvalue weighted by atomic mass is 10.0. The van der Waals surface area contributed by atoms with Crippen LogP contribution in [0.1, 0.15) is 28.4 Å². The molecule has 1 aliphatic rings. The van der Waals surface area contributed by atoms with E-state index in [1.54, 1.807) is 17.0 Å². The molecule has 20 heavy (non-hydrogen) atoms. The minimum Gasteiger partial charge on any atom is -0.391 e. The van der Waals surface area contributed by atoms with E-state index in [1.165, 1.54) is 24.5 Å². The third-order valence-corrected chi connectivity index (χ3v) is 3.52. The Hall–Kier alpha value is -2.21. The molecule has 0 bridgehead atoms. The van der Waals surface area contributed by atoms with Gasteiger partial charge in [0.05, 0.1) is 23.9 Å². The maximum atomic E-state index is 13.3. The van der Waals surface area contributed by atoms with Crippen molar-refractivity contribution in [2.24, 2.45) is 0 Å². The highest BCUT2D eigenvalue weighted by Gasteiger charge is 2.36. The predicted octanol–water partition coefficient (Wildman–Crippen LogP) is 1.50. The topological polar surface area (TPSA) is 69.2 Å². The second-order valence-corrected chi connectivity index (χ2v) is 4.90. The maximum Gasteiger partial charge on any atom is 0.257 e. The van der Waals surface area contributed by atoms with Crippen molar-refractivity contribution in [1.29, 1.82) is 0 Å². The van der Waals surface area contributed by atoms with Crippen LogP contribution < -0.4 is 0 Å². The number of aliphatic hydroxyl groups excluding tert-OH is 1. The van der Waals surface area contributed by atoms with Gasteiger partial charge in [0.1, 0.15) is 5.82 Å². The molecule has 1 fully saturated rings. The number of hydrogen-bond acceptors (Lipinski definition) is 3. The van der Waals surface area contributed by atoms with Gasteiger partial charge in [-0.1, -0.05) is 12.1 Å². The molecule has 1 amide bonds. The summed E-state index contributed by atoms with van der Waals surface area (Å²) in [5.74, 6) is -0.566. The lowest BCUT2D eigenvalue weighted by Crippen LogP contribution is -2.31. The number of nitrogens with one attached hydrogen (secondary N) is 1. The first-order valence-corrected chi connectivity index (χ1v) is 6.38. The first-order chi connectivity index (χ1) is 9.65. The normalized spacial score (nSPS) is 22.2. The van der Waals surface area contributed by atoms with Gasteiger partial charge in [0.2, 0.25) is 0 Å². The highest BCUT2D eigenvalue weighted by molar-refractivity contribution is 5.94. The molecule has 0 unspecified atom stereocenters. The highest BCUT2D eigenvalue weighted by Crippen LogP contribution is 2.33. The zero-order chi connectivity index (χ0) is 14.1. The molecule has 0 saturated carbocycles. The molecule has 1 aromatic carbocycles. The molecule has 6 heteroatoms. The second-order valence-electron chi connectivity index (χ2n) is 4.90. The van der Waals surface area contributed by atoms with Gasteiger partial charge in [-0.25, -0.2) is 4.39 Å². The summed E-state index contributed by atoms with van der Waals surface area (Å²) in [7, 11) is 0. The van der Waals surface area contributed by atoms with Crippen molar-refractivity contribution in [3.63, 3.8) is 0 Å². The number of amides is 1. The minimum absolute atomic E-state index is 0.218. The van der Waals surface area contributed by atoms with E-state index in [4.69, 9.17) is 0 Å². The Kier molecular flexibility index (Phi) is 3.23. The van der Waals surface area contributed by atoms with Crippen molar-refractivity contribution in [2.75, 3.05) is 6.54 Å². The number of aromatic nitrogens is 2. The number of aromatic amines is 1. The monoisotopic (exact) mass is 275 g/mol. The van der Waals surface area contributed by atoms with Crippen LogP contribution in [0.4, 0.5) is 4.39 Å². The van der Waals surface area contributed by atoms with E-state index in [2.05, 4.69) is 10.2 Å². The summed E-state index contributed by atoms with van der Waals surface area (Å²) in [6.07, 6.45) is 2.76. The van der Waals surface area contributed by atoms with Crippen LogP contribution >= 0.6 is 0 Å². The van der Waals surface area contributed by atoms with Gasteiger partial charge in [-0.15, -0.1) is 0 Å². The van der Waals surface area contributed by atoms with Gasteiger partial charge < -0.3 is 10.0 Å². The van der Waals surface area contributed by atoms with Crippen LogP contribution in [0, 0.1) is 5.82 Å². The van der Waals surface area contributed by atoms with Crippen molar-refractivity contribution < 1.29 is 14.3 Å². The molecule has 0 aliphatic carbocycles. The summed E-state index contributed by atoms with van der Waals surface area (Å²) in [4.78, 5) is 13.9. The van der Waals surface area contributed by atoms with Crippen LogP contribution in [-0.2, 0) is 0 Å². The number of rotatable bonds is 2. The van der Waals surface area contributed by atoms with Crippen molar-refractivity contribution in [2.45, 2.75) is 18.6 Å². The van der Waals surface area contributed by atoms with Gasteiger partial charge in [-0.2, -0.15) is 5.10 Å². The molecule has 104 valence electrons. The smallest absolute Gasteiger partial charge is 0.257 e. The van der Waals surface area contributed by atoms with Crippen molar-refractivity contribution >= 4 is 5.91 Å². The summed E-state index contributed by atoms with van der Waals surface area (Å²) in [6.45, 7) is 0.241. The summed E-state index contributed by atoms with van der Waals surface area (Å²) in [5, 5.41) is 16.2. The van der Waals surface area contributed by atoms with Crippen LogP contribution in [0.25, 0.3) is 0 Å². The summed E-state index contributed by atoms with van der Waals surface area (Å²) >= 11 is 0. The molecule has 1 aromatic heterocycles. The molecule has 0 spiro atoms. The van der Waals surface area contributed by atoms with Gasteiger partial charge in [-0.05, 0) is 24.1 Å². The fourth-order valence-electron chi connectivity index (χ4n) is 2.60. The molecule has 1 saturated heterocycles. The van der Waals surface area contributed by atoms with E-state index in [0.29, 0.717) is 17.5 Å². The molecule has 5 nitrogen and oxygen atoms in total. The second kappa shape index (κ2) is 5.05. The number of carbonyl (C=O) groups is 1. The van der Waals surface area contributed by atoms with Crippen LogP contribution in [0.15, 0.2) is 36.7 Å². The Labute approximate surface area is 115 Å². The van der Waals surface area contributed by atoms with E-state index in [9.17, 15) is 14.3 Å². The van der Waals surface area contributed by atoms with Gasteiger partial charge in [0.15, 0.2) is 0 Å². The van der Waals surface area contributed by atoms with Crippen molar-refractivity contribution in [3.8, 4) is 0 Å². The van der Waals surface area contributed by atoms with E-state index in [-0.39, 0.29) is 24.3 Å². The van der Waals surface area contributed by atoms with Crippen LogP contribution in [0.3, 0.4) is 0 Å². The summed E-state index contributed by atoms with van der Waals surface area (Å²) < 4.78 is 13.3. The molecular weight excluding hydrogens is 261 g/mol. The predicted molar refractivity (Wildman–Crippen MR) is 69.4 cm³/mol. The van der Waals surface area contributed by atoms with Crippen LogP contribution in [0.2, 0.25) is 0 Å². The number of β-amino-alcohol motifs (C(OH)–C–C–N with tert-alkyl or cyclic N) is 1. The van der Waals surface area contributed by atoms with Crippen molar-refractivity contribution in [1.82, 2.24) is 15.1 Å². The summed E-state index contributed by atoms with van der Waals surface area (Å²) in [5.41, 5.74) is 1.12. The Morgan fingerprint density at radius 3 is 3.05 bits per heavy atom. The molecule has 1 aliphatic heterocycles. The lowest BCUT2D eigenvalue weighted by Gasteiger charge is -2.24. The highest BCUT2D eigenvalue weighted by atomic mass is 19.1. The van der Waals surface area contributed by atoms with E-state index in [1.807, 2.05) is 0 Å². The number of likely N-dealkylation sites (tertiary alicyclic amines) is 1. The quantitative estimate of drug-likeness (QED) is 0.872. The standard InChI is InChI=1S/C14H14FN3O2/c15-11-3-1-2-9(4-11)13-5-12(19)8-18(13)14(20)10-6-16-17-7-10/h1-4,6-7,12-13,19H,5,8H2,(H,16,17)/t12-,13-/m1/s1. The Morgan fingerprint density at radius 2 is 2.35 bits per heavy atom. The first kappa shape index (κ1) is 12.8. The van der Waals surface area contributed by atoms with Gasteiger partial charge in [0, 0.05) is 12.7 Å². The molecule has 2 aromatic rings. The summed E-state index contributed by atoms with van der Waals surface area (Å²) in [6, 6.07) is 5.82. The fraction of sp³-hybridized carbons (Fsp3) is 0.286. The number of aliphatic hydroxyl groups is 1. The molecule has 3 rings (SSSR count). The minimum atomic E-state index is -0.598. The zero-order valence-electron chi connectivity index (χ0n) is 10.7. The SMILES string of the molecule is O=C(c1cn[nH]c1)N1C[C@H](O)C[C@@H]1c1cccc(F)c1. The average molecular weight is 275 g/mol. The van der Waals surface area contributed by atoms with Crippen LogP contribution in [-0.4, -0.2) is 38.8 Å². The average Bonchev–Trinajstić information content (AvgIpc) is 3.07. The molecule has 2 heterocycles. The Bertz CT molecular complexity index is 615. The molecule has 2 atom stereocenters. The third kappa shape index (κ3) is 2.30. The van der Waals surface area contributed by atoms with Crippen LogP contribution in [0.5, 0.6) is 0 Å². The largest absolute Gasteiger partial charge is 0.391 e. The van der Waals surface area contributed by atoms with Gasteiger partial charge in [-0.3, -0.25) is 9.89 Å². The number of nitrogens with zero attached hydrogens (tertiary/aromatic N) is 2. The number of halogens is 1. The number of benzene rings is 1. The number of carbonyl (C=O) groups excluding carboxylic acids is 1. The third-order valence-electron chi connectivity index (χ3n) is 3.52.